The summed E-state index contributed by atoms with van der Waals surface area (Å²) < 4.78 is 5.07. The lowest BCUT2D eigenvalue weighted by atomic mass is 10.4. The first-order valence-corrected chi connectivity index (χ1v) is 4.25. The van der Waals surface area contributed by atoms with Crippen molar-refractivity contribution < 1.29 is 9.84 Å². The van der Waals surface area contributed by atoms with Gasteiger partial charge in [-0.05, 0) is 6.92 Å². The van der Waals surface area contributed by atoms with E-state index < -0.39 is 6.10 Å². The Morgan fingerprint density at radius 1 is 1.80 bits per heavy atom. The van der Waals surface area contributed by atoms with Gasteiger partial charge in [0, 0.05) is 5.33 Å². The molecule has 0 radical (unpaired) electrons. The van der Waals surface area contributed by atoms with Gasteiger partial charge in [-0.15, -0.1) is 0 Å². The number of ether oxygens (including phenoxy) is 1. The minimum absolute atomic E-state index is 0.373. The Bertz CT molecular complexity index is 104. The van der Waals surface area contributed by atoms with Crippen LogP contribution in [0.4, 0.5) is 0 Å². The van der Waals surface area contributed by atoms with Gasteiger partial charge in [0.15, 0.2) is 0 Å². The van der Waals surface area contributed by atoms with E-state index in [9.17, 15) is 0 Å². The maximum atomic E-state index is 8.97. The van der Waals surface area contributed by atoms with Crippen LogP contribution in [0.1, 0.15) is 6.92 Å². The van der Waals surface area contributed by atoms with Gasteiger partial charge >= 0.3 is 0 Å². The van der Waals surface area contributed by atoms with Gasteiger partial charge in [-0.25, -0.2) is 0 Å². The molecule has 0 aliphatic heterocycles. The van der Waals surface area contributed by atoms with Crippen molar-refractivity contribution in [2.75, 3.05) is 18.5 Å². The predicted molar refractivity (Wildman–Crippen MR) is 45.4 cm³/mol. The van der Waals surface area contributed by atoms with Gasteiger partial charge in [-0.1, -0.05) is 28.1 Å². The summed E-state index contributed by atoms with van der Waals surface area (Å²) in [6, 6.07) is 0. The summed E-state index contributed by atoms with van der Waals surface area (Å²) >= 11 is 3.13. The predicted octanol–water partition coefficient (Wildman–Crippen LogP) is 1.33. The second-order valence-electron chi connectivity index (χ2n) is 2.28. The van der Waals surface area contributed by atoms with Crippen LogP contribution in [0.3, 0.4) is 0 Å². The van der Waals surface area contributed by atoms with Crippen molar-refractivity contribution in [1.29, 1.82) is 0 Å². The quantitative estimate of drug-likeness (QED) is 0.546. The van der Waals surface area contributed by atoms with E-state index in [-0.39, 0.29) is 0 Å². The lowest BCUT2D eigenvalue weighted by Gasteiger charge is -2.06. The van der Waals surface area contributed by atoms with Crippen molar-refractivity contribution in [3.8, 4) is 0 Å². The van der Waals surface area contributed by atoms with Gasteiger partial charge < -0.3 is 9.84 Å². The molecule has 0 bridgehead atoms. The molecule has 0 aromatic carbocycles. The molecule has 0 aromatic heterocycles. The molecule has 2 nitrogen and oxygen atoms in total. The van der Waals surface area contributed by atoms with Crippen LogP contribution in [0.15, 0.2) is 12.2 Å². The van der Waals surface area contributed by atoms with Gasteiger partial charge in [-0.3, -0.25) is 0 Å². The van der Waals surface area contributed by atoms with E-state index in [4.69, 9.17) is 9.84 Å². The monoisotopic (exact) mass is 208 g/mol. The van der Waals surface area contributed by atoms with Gasteiger partial charge in [0.25, 0.3) is 0 Å². The SMILES string of the molecule is C=C(C)COCC(O)CBr. The Labute approximate surface area is 70.0 Å². The molecular formula is C7H13BrO2. The molecule has 1 atom stereocenters. The molecule has 10 heavy (non-hydrogen) atoms. The summed E-state index contributed by atoms with van der Waals surface area (Å²) in [5.74, 6) is 0. The maximum Gasteiger partial charge on any atom is 0.0870 e. The average molecular weight is 209 g/mol. The van der Waals surface area contributed by atoms with Gasteiger partial charge in [0.05, 0.1) is 19.3 Å². The minimum atomic E-state index is -0.403. The zero-order chi connectivity index (χ0) is 7.98. The van der Waals surface area contributed by atoms with Crippen LogP contribution in [0.2, 0.25) is 0 Å². The second kappa shape index (κ2) is 5.89. The standard InChI is InChI=1S/C7H13BrO2/c1-6(2)4-10-5-7(9)3-8/h7,9H,1,3-5H2,2H3. The van der Waals surface area contributed by atoms with Crippen molar-refractivity contribution in [2.24, 2.45) is 0 Å². The molecule has 0 aromatic rings. The molecule has 0 aliphatic rings. The first-order chi connectivity index (χ1) is 4.66. The fourth-order valence-electron chi connectivity index (χ4n) is 0.414. The Balaban J connectivity index is 3.11. The first-order valence-electron chi connectivity index (χ1n) is 3.13. The van der Waals surface area contributed by atoms with E-state index >= 15 is 0 Å². The molecular weight excluding hydrogens is 196 g/mol. The number of rotatable bonds is 5. The lowest BCUT2D eigenvalue weighted by Crippen LogP contribution is -2.16. The molecule has 0 heterocycles. The highest BCUT2D eigenvalue weighted by Crippen LogP contribution is 1.93. The molecule has 0 amide bonds. The molecule has 0 rings (SSSR count). The van der Waals surface area contributed by atoms with Crippen LogP contribution in [0, 0.1) is 0 Å². The minimum Gasteiger partial charge on any atom is -0.390 e. The topological polar surface area (TPSA) is 29.5 Å². The smallest absolute Gasteiger partial charge is 0.0870 e. The van der Waals surface area contributed by atoms with E-state index in [2.05, 4.69) is 22.5 Å². The molecule has 0 saturated carbocycles. The Morgan fingerprint density at radius 3 is 2.80 bits per heavy atom. The highest BCUT2D eigenvalue weighted by molar-refractivity contribution is 9.09. The van der Waals surface area contributed by atoms with E-state index in [0.29, 0.717) is 18.5 Å². The van der Waals surface area contributed by atoms with Crippen LogP contribution in [-0.2, 0) is 4.74 Å². The van der Waals surface area contributed by atoms with Crippen molar-refractivity contribution in [1.82, 2.24) is 0 Å². The van der Waals surface area contributed by atoms with Crippen LogP contribution < -0.4 is 0 Å². The van der Waals surface area contributed by atoms with Crippen LogP contribution in [-0.4, -0.2) is 29.8 Å². The molecule has 3 heteroatoms. The summed E-state index contributed by atoms with van der Waals surface area (Å²) in [6.07, 6.45) is -0.403. The Hall–Kier alpha value is 0.140. The number of aliphatic hydroxyl groups is 1. The van der Waals surface area contributed by atoms with Crippen LogP contribution in [0.5, 0.6) is 0 Å². The average Bonchev–Trinajstić information content (AvgIpc) is 1.87. The summed E-state index contributed by atoms with van der Waals surface area (Å²) in [5.41, 5.74) is 0.974. The van der Waals surface area contributed by atoms with E-state index in [1.165, 1.54) is 0 Å². The normalized spacial score (nSPS) is 13.1. The lowest BCUT2D eigenvalue weighted by molar-refractivity contribution is 0.0603. The highest BCUT2D eigenvalue weighted by atomic mass is 79.9. The Kier molecular flexibility index (Phi) is 5.97. The van der Waals surface area contributed by atoms with E-state index in [1.807, 2.05) is 6.92 Å². The number of alkyl halides is 1. The zero-order valence-corrected chi connectivity index (χ0v) is 7.73. The summed E-state index contributed by atoms with van der Waals surface area (Å²) in [4.78, 5) is 0. The van der Waals surface area contributed by atoms with Gasteiger partial charge in [-0.2, -0.15) is 0 Å². The fraction of sp³-hybridized carbons (Fsp3) is 0.714. The molecule has 0 fully saturated rings. The molecule has 0 aliphatic carbocycles. The number of aliphatic hydroxyl groups excluding tert-OH is 1. The maximum absolute atomic E-state index is 8.97. The number of halogens is 1. The van der Waals surface area contributed by atoms with Crippen molar-refractivity contribution in [3.05, 3.63) is 12.2 Å². The van der Waals surface area contributed by atoms with Crippen molar-refractivity contribution >= 4 is 15.9 Å². The summed E-state index contributed by atoms with van der Waals surface area (Å²) in [5, 5.41) is 9.53. The second-order valence-corrected chi connectivity index (χ2v) is 2.93. The third-order valence-corrected chi connectivity index (χ3v) is 1.58. The third kappa shape index (κ3) is 6.26. The van der Waals surface area contributed by atoms with Crippen molar-refractivity contribution in [2.45, 2.75) is 13.0 Å². The summed E-state index contributed by atoms with van der Waals surface area (Å²) in [6.45, 7) is 6.45. The molecule has 0 saturated heterocycles. The molecule has 60 valence electrons. The molecule has 0 spiro atoms. The van der Waals surface area contributed by atoms with Crippen LogP contribution >= 0.6 is 15.9 Å². The third-order valence-electron chi connectivity index (χ3n) is 0.837. The molecule has 1 N–H and O–H groups in total. The van der Waals surface area contributed by atoms with Crippen molar-refractivity contribution in [3.63, 3.8) is 0 Å². The number of hydrogen-bond acceptors (Lipinski definition) is 2. The largest absolute Gasteiger partial charge is 0.390 e. The van der Waals surface area contributed by atoms with E-state index in [1.54, 1.807) is 0 Å². The summed E-state index contributed by atoms with van der Waals surface area (Å²) in [7, 11) is 0. The van der Waals surface area contributed by atoms with E-state index in [0.717, 1.165) is 5.57 Å². The van der Waals surface area contributed by atoms with Gasteiger partial charge in [0.2, 0.25) is 0 Å². The fourth-order valence-corrected chi connectivity index (χ4v) is 0.601. The Morgan fingerprint density at radius 2 is 2.40 bits per heavy atom. The zero-order valence-electron chi connectivity index (χ0n) is 6.14. The van der Waals surface area contributed by atoms with Gasteiger partial charge in [0.1, 0.15) is 0 Å². The van der Waals surface area contributed by atoms with Crippen LogP contribution in [0.25, 0.3) is 0 Å². The highest BCUT2D eigenvalue weighted by Gasteiger charge is 1.99. The number of hydrogen-bond donors (Lipinski definition) is 1. The molecule has 1 unspecified atom stereocenters. The first kappa shape index (κ1) is 10.1.